The Morgan fingerprint density at radius 1 is 1.35 bits per heavy atom. The summed E-state index contributed by atoms with van der Waals surface area (Å²) in [7, 11) is 0. The standard InChI is InChI=1S/C17H16N4O2/c1-11-18-8-9-20(11)10-12-6-7-15-16(17(12)22)13-4-2-3-5-14(13)21(15)19-23/h2-5,8-9,12H,6-7,10H2,1H3. The van der Waals surface area contributed by atoms with Gasteiger partial charge in [-0.05, 0) is 25.8 Å². The van der Waals surface area contributed by atoms with E-state index in [0.717, 1.165) is 23.3 Å². The number of rotatable bonds is 3. The molecule has 0 aliphatic heterocycles. The maximum Gasteiger partial charge on any atom is 0.170 e. The summed E-state index contributed by atoms with van der Waals surface area (Å²) in [4.78, 5) is 28.4. The van der Waals surface area contributed by atoms with Crippen molar-refractivity contribution < 1.29 is 4.79 Å². The number of hydrogen-bond donors (Lipinski definition) is 0. The number of aryl methyl sites for hydroxylation is 1. The van der Waals surface area contributed by atoms with Gasteiger partial charge in [0.1, 0.15) is 5.82 Å². The van der Waals surface area contributed by atoms with E-state index in [2.05, 4.69) is 10.3 Å². The van der Waals surface area contributed by atoms with E-state index in [1.165, 1.54) is 4.68 Å². The van der Waals surface area contributed by atoms with E-state index in [1.807, 2.05) is 42.0 Å². The van der Waals surface area contributed by atoms with Gasteiger partial charge in [-0.15, -0.1) is 4.91 Å². The Hall–Kier alpha value is -2.76. The topological polar surface area (TPSA) is 69.2 Å². The van der Waals surface area contributed by atoms with Gasteiger partial charge in [-0.3, -0.25) is 4.79 Å². The van der Waals surface area contributed by atoms with Gasteiger partial charge in [0.05, 0.1) is 16.5 Å². The highest BCUT2D eigenvalue weighted by atomic mass is 16.3. The van der Waals surface area contributed by atoms with Crippen LogP contribution in [0.5, 0.6) is 0 Å². The molecule has 0 radical (unpaired) electrons. The zero-order chi connectivity index (χ0) is 16.0. The van der Waals surface area contributed by atoms with Crippen LogP contribution >= 0.6 is 0 Å². The molecule has 0 bridgehead atoms. The number of Topliss-reactive ketones (excluding diaryl/α,β-unsaturated/α-hetero) is 1. The SMILES string of the molecule is Cc1nccn1CC1CCc2c(c3ccccc3n2N=O)C1=O. The minimum Gasteiger partial charge on any atom is -0.334 e. The number of nitrogens with zero attached hydrogens (tertiary/aromatic N) is 4. The van der Waals surface area contributed by atoms with Crippen molar-refractivity contribution in [1.82, 2.24) is 14.2 Å². The maximum atomic E-state index is 13.0. The van der Waals surface area contributed by atoms with Crippen LogP contribution in [0.4, 0.5) is 0 Å². The monoisotopic (exact) mass is 308 g/mol. The first-order valence-corrected chi connectivity index (χ1v) is 7.68. The Bertz CT molecular complexity index is 922. The lowest BCUT2D eigenvalue weighted by Crippen LogP contribution is -2.27. The fourth-order valence-electron chi connectivity index (χ4n) is 3.53. The molecule has 0 N–H and O–H groups in total. The molecule has 1 aliphatic rings. The summed E-state index contributed by atoms with van der Waals surface area (Å²) in [5.41, 5.74) is 2.11. The second kappa shape index (κ2) is 5.15. The van der Waals surface area contributed by atoms with Gasteiger partial charge in [0.25, 0.3) is 0 Å². The molecule has 3 aromatic rings. The minimum absolute atomic E-state index is 0.0953. The van der Waals surface area contributed by atoms with Crippen molar-refractivity contribution in [3.8, 4) is 0 Å². The van der Waals surface area contributed by atoms with E-state index < -0.39 is 0 Å². The van der Waals surface area contributed by atoms with Gasteiger partial charge in [0.15, 0.2) is 5.78 Å². The number of para-hydroxylation sites is 1. The fourth-order valence-corrected chi connectivity index (χ4v) is 3.53. The van der Waals surface area contributed by atoms with Crippen LogP contribution in [0.15, 0.2) is 41.9 Å². The third-order valence-electron chi connectivity index (χ3n) is 4.71. The third kappa shape index (κ3) is 2.02. The lowest BCUT2D eigenvalue weighted by Gasteiger charge is -2.22. The van der Waals surface area contributed by atoms with Gasteiger partial charge >= 0.3 is 0 Å². The number of carbonyl (C=O) groups excluding carboxylic acids is 1. The van der Waals surface area contributed by atoms with Crippen molar-refractivity contribution in [1.29, 1.82) is 0 Å². The Labute approximate surface area is 132 Å². The van der Waals surface area contributed by atoms with E-state index in [1.54, 1.807) is 6.20 Å². The number of ketones is 1. The highest BCUT2D eigenvalue weighted by Crippen LogP contribution is 2.35. The summed E-state index contributed by atoms with van der Waals surface area (Å²) >= 11 is 0. The highest BCUT2D eigenvalue weighted by Gasteiger charge is 2.33. The number of carbonyl (C=O) groups is 1. The number of nitroso groups, excluding NO2 is 1. The molecule has 1 unspecified atom stereocenters. The Balaban J connectivity index is 1.79. The van der Waals surface area contributed by atoms with Gasteiger partial charge in [0, 0.05) is 35.8 Å². The van der Waals surface area contributed by atoms with Crippen LogP contribution in [0, 0.1) is 17.7 Å². The average Bonchev–Trinajstić information content (AvgIpc) is 3.11. The van der Waals surface area contributed by atoms with Crippen molar-refractivity contribution >= 4 is 16.7 Å². The van der Waals surface area contributed by atoms with Crippen LogP contribution in [-0.2, 0) is 13.0 Å². The highest BCUT2D eigenvalue weighted by molar-refractivity contribution is 6.11. The molecule has 1 aliphatic carbocycles. The lowest BCUT2D eigenvalue weighted by molar-refractivity contribution is 0.0888. The summed E-state index contributed by atoms with van der Waals surface area (Å²) in [6, 6.07) is 7.46. The van der Waals surface area contributed by atoms with Gasteiger partial charge < -0.3 is 4.57 Å². The first-order chi connectivity index (χ1) is 11.2. The Morgan fingerprint density at radius 3 is 2.91 bits per heavy atom. The van der Waals surface area contributed by atoms with Crippen LogP contribution in [0.1, 0.15) is 28.3 Å². The van der Waals surface area contributed by atoms with Gasteiger partial charge in [-0.2, -0.15) is 0 Å². The van der Waals surface area contributed by atoms with Crippen molar-refractivity contribution in [2.24, 2.45) is 11.2 Å². The van der Waals surface area contributed by atoms with Gasteiger partial charge in [0.2, 0.25) is 0 Å². The third-order valence-corrected chi connectivity index (χ3v) is 4.71. The molecule has 2 aromatic heterocycles. The molecule has 0 saturated heterocycles. The summed E-state index contributed by atoms with van der Waals surface area (Å²) in [6.45, 7) is 2.55. The van der Waals surface area contributed by atoms with Crippen molar-refractivity contribution in [3.63, 3.8) is 0 Å². The van der Waals surface area contributed by atoms with Crippen molar-refractivity contribution in [2.75, 3.05) is 0 Å². The summed E-state index contributed by atoms with van der Waals surface area (Å²) in [5.74, 6) is 0.903. The molecule has 0 spiro atoms. The molecular formula is C17H16N4O2. The minimum atomic E-state index is -0.0960. The van der Waals surface area contributed by atoms with E-state index in [9.17, 15) is 9.70 Å². The molecule has 1 aromatic carbocycles. The number of benzene rings is 1. The van der Waals surface area contributed by atoms with Gasteiger partial charge in [-0.25, -0.2) is 9.66 Å². The largest absolute Gasteiger partial charge is 0.334 e. The number of aromatic nitrogens is 3. The zero-order valence-corrected chi connectivity index (χ0v) is 12.8. The Kier molecular flexibility index (Phi) is 3.11. The smallest absolute Gasteiger partial charge is 0.170 e. The summed E-state index contributed by atoms with van der Waals surface area (Å²) in [6.07, 6.45) is 5.04. The van der Waals surface area contributed by atoms with E-state index in [4.69, 9.17) is 0 Å². The van der Waals surface area contributed by atoms with E-state index >= 15 is 0 Å². The predicted molar refractivity (Wildman–Crippen MR) is 86.2 cm³/mol. The second-order valence-corrected chi connectivity index (χ2v) is 5.96. The van der Waals surface area contributed by atoms with Crippen LogP contribution in [0.25, 0.3) is 10.9 Å². The lowest BCUT2D eigenvalue weighted by atomic mass is 9.85. The molecule has 0 amide bonds. The molecule has 2 heterocycles. The summed E-state index contributed by atoms with van der Waals surface area (Å²) < 4.78 is 3.38. The van der Waals surface area contributed by atoms with Gasteiger partial charge in [-0.1, -0.05) is 18.2 Å². The molecule has 0 fully saturated rings. The number of fused-ring (bicyclic) bond motifs is 3. The molecular weight excluding hydrogens is 292 g/mol. The second-order valence-electron chi connectivity index (χ2n) is 5.96. The predicted octanol–water partition coefficient (Wildman–Crippen LogP) is 3.12. The molecule has 1 atom stereocenters. The maximum absolute atomic E-state index is 13.0. The van der Waals surface area contributed by atoms with Crippen molar-refractivity contribution in [2.45, 2.75) is 26.3 Å². The molecule has 23 heavy (non-hydrogen) atoms. The normalized spacial score (nSPS) is 17.4. The first kappa shape index (κ1) is 13.9. The molecule has 116 valence electrons. The zero-order valence-electron chi connectivity index (χ0n) is 12.8. The van der Waals surface area contributed by atoms with Crippen molar-refractivity contribution in [3.05, 3.63) is 58.6 Å². The van der Waals surface area contributed by atoms with Crippen LogP contribution in [-0.4, -0.2) is 20.0 Å². The number of imidazole rings is 1. The Morgan fingerprint density at radius 2 is 2.17 bits per heavy atom. The number of hydrogen-bond acceptors (Lipinski definition) is 4. The summed E-state index contributed by atoms with van der Waals surface area (Å²) in [5, 5.41) is 3.94. The average molecular weight is 308 g/mol. The molecule has 6 nitrogen and oxygen atoms in total. The van der Waals surface area contributed by atoms with E-state index in [-0.39, 0.29) is 11.7 Å². The first-order valence-electron chi connectivity index (χ1n) is 7.68. The van der Waals surface area contributed by atoms with Crippen LogP contribution < -0.4 is 0 Å². The molecule has 0 saturated carbocycles. The quantitative estimate of drug-likeness (QED) is 0.698. The molecule has 6 heteroatoms. The molecule has 4 rings (SSSR count). The van der Waals surface area contributed by atoms with E-state index in [0.29, 0.717) is 24.0 Å². The van der Waals surface area contributed by atoms with Crippen LogP contribution in [0.3, 0.4) is 0 Å². The van der Waals surface area contributed by atoms with Crippen LogP contribution in [0.2, 0.25) is 0 Å². The fraction of sp³-hybridized carbons (Fsp3) is 0.294.